The van der Waals surface area contributed by atoms with E-state index in [1.165, 1.54) is 21.0 Å². The summed E-state index contributed by atoms with van der Waals surface area (Å²) in [6.45, 7) is 7.03. The second kappa shape index (κ2) is 8.71. The van der Waals surface area contributed by atoms with Gasteiger partial charge in [-0.25, -0.2) is 13.2 Å². The van der Waals surface area contributed by atoms with Gasteiger partial charge >= 0.3 is 5.76 Å². The summed E-state index contributed by atoms with van der Waals surface area (Å²) in [7, 11) is -3.68. The van der Waals surface area contributed by atoms with Crippen LogP contribution in [0.15, 0.2) is 32.3 Å². The Morgan fingerprint density at radius 3 is 2.59 bits per heavy atom. The zero-order valence-electron chi connectivity index (χ0n) is 17.2. The van der Waals surface area contributed by atoms with Crippen molar-refractivity contribution in [1.82, 2.24) is 14.2 Å². The third kappa shape index (κ3) is 4.56. The highest BCUT2D eigenvalue weighted by molar-refractivity contribution is 7.89. The van der Waals surface area contributed by atoms with Crippen molar-refractivity contribution in [3.05, 3.63) is 28.7 Å². The van der Waals surface area contributed by atoms with Crippen LogP contribution in [0.1, 0.15) is 46.5 Å². The number of hydrogen-bond acceptors (Lipinski definition) is 5. The summed E-state index contributed by atoms with van der Waals surface area (Å²) in [5.41, 5.74) is 0.858. The lowest BCUT2D eigenvalue weighted by Crippen LogP contribution is -2.40. The van der Waals surface area contributed by atoms with Crippen LogP contribution in [0.3, 0.4) is 0 Å². The van der Waals surface area contributed by atoms with E-state index in [4.69, 9.17) is 4.42 Å². The van der Waals surface area contributed by atoms with Crippen molar-refractivity contribution >= 4 is 27.0 Å². The first-order valence-corrected chi connectivity index (χ1v) is 11.6. The third-order valence-corrected chi connectivity index (χ3v) is 7.56. The quantitative estimate of drug-likeness (QED) is 0.736. The van der Waals surface area contributed by atoms with Gasteiger partial charge in [-0.15, -0.1) is 0 Å². The van der Waals surface area contributed by atoms with Crippen LogP contribution >= 0.6 is 0 Å². The highest BCUT2D eigenvalue weighted by Crippen LogP contribution is 2.27. The fraction of sp³-hybridized carbons (Fsp3) is 0.600. The van der Waals surface area contributed by atoms with Gasteiger partial charge in [0.25, 0.3) is 0 Å². The molecule has 1 N–H and O–H groups in total. The Morgan fingerprint density at radius 2 is 1.97 bits per heavy atom. The minimum Gasteiger partial charge on any atom is -0.408 e. The molecule has 1 aromatic heterocycles. The Kier molecular flexibility index (Phi) is 6.48. The second-order valence-electron chi connectivity index (χ2n) is 7.67. The number of piperidine rings is 1. The van der Waals surface area contributed by atoms with Gasteiger partial charge in [-0.3, -0.25) is 9.36 Å². The summed E-state index contributed by atoms with van der Waals surface area (Å²) in [5.74, 6) is -0.278. The van der Waals surface area contributed by atoms with Gasteiger partial charge < -0.3 is 9.73 Å². The monoisotopic (exact) mass is 423 g/mol. The lowest BCUT2D eigenvalue weighted by Gasteiger charge is -2.31. The fourth-order valence-corrected chi connectivity index (χ4v) is 5.19. The van der Waals surface area contributed by atoms with Gasteiger partial charge in [0, 0.05) is 38.2 Å². The number of hydrogen-bond donors (Lipinski definition) is 1. The Labute approximate surface area is 170 Å². The van der Waals surface area contributed by atoms with Crippen LogP contribution < -0.4 is 11.1 Å². The molecule has 8 nitrogen and oxygen atoms in total. The molecule has 0 unspecified atom stereocenters. The van der Waals surface area contributed by atoms with E-state index in [0.29, 0.717) is 44.4 Å². The highest BCUT2D eigenvalue weighted by Gasteiger charge is 2.30. The van der Waals surface area contributed by atoms with Crippen LogP contribution in [-0.4, -0.2) is 42.3 Å². The summed E-state index contributed by atoms with van der Waals surface area (Å²) in [5, 5.41) is 2.96. The molecule has 1 amide bonds. The van der Waals surface area contributed by atoms with Gasteiger partial charge in [0.2, 0.25) is 15.9 Å². The number of oxazole rings is 1. The number of benzene rings is 1. The van der Waals surface area contributed by atoms with E-state index in [2.05, 4.69) is 5.32 Å². The second-order valence-corrected chi connectivity index (χ2v) is 9.61. The maximum Gasteiger partial charge on any atom is 0.419 e. The molecular formula is C20H29N3O5S. The smallest absolute Gasteiger partial charge is 0.408 e. The van der Waals surface area contributed by atoms with Crippen molar-refractivity contribution in [2.75, 3.05) is 13.1 Å². The Bertz CT molecular complexity index is 1030. The van der Waals surface area contributed by atoms with E-state index < -0.39 is 15.8 Å². The van der Waals surface area contributed by atoms with Gasteiger partial charge in [0.05, 0.1) is 10.4 Å². The summed E-state index contributed by atoms with van der Waals surface area (Å²) >= 11 is 0. The number of carbonyl (C=O) groups is 1. The van der Waals surface area contributed by atoms with Gasteiger partial charge in [0.1, 0.15) is 0 Å². The number of fused-ring (bicyclic) bond motifs is 1. The van der Waals surface area contributed by atoms with Crippen LogP contribution in [0.25, 0.3) is 11.1 Å². The predicted octanol–water partition coefficient (Wildman–Crippen LogP) is 2.32. The van der Waals surface area contributed by atoms with E-state index in [9.17, 15) is 18.0 Å². The largest absolute Gasteiger partial charge is 0.419 e. The van der Waals surface area contributed by atoms with E-state index in [1.807, 2.05) is 20.8 Å². The van der Waals surface area contributed by atoms with Crippen molar-refractivity contribution in [2.24, 2.45) is 5.92 Å². The average molecular weight is 424 g/mol. The number of aromatic nitrogens is 1. The number of nitrogens with zero attached hydrogens (tertiary/aromatic N) is 2. The fourth-order valence-electron chi connectivity index (χ4n) is 3.71. The van der Waals surface area contributed by atoms with Crippen LogP contribution in [0.2, 0.25) is 0 Å². The standard InChI is InChI=1S/C20H29N3O5S/c1-4-14(3)21-19(24)12-15-8-10-22(11-9-15)29(26,27)16-6-7-17-18(13-16)28-20(25)23(17)5-2/h6-7,13-15H,4-5,8-12H2,1-3H3,(H,21,24)/t14-/m1/s1. The molecule has 160 valence electrons. The number of carbonyl (C=O) groups excluding carboxylic acids is 1. The summed E-state index contributed by atoms with van der Waals surface area (Å²) in [6.07, 6.45) is 2.61. The molecule has 1 aromatic carbocycles. The summed E-state index contributed by atoms with van der Waals surface area (Å²) in [6, 6.07) is 4.71. The first kappa shape index (κ1) is 21.6. The molecular weight excluding hydrogens is 394 g/mol. The lowest BCUT2D eigenvalue weighted by atomic mass is 9.94. The normalized spacial score (nSPS) is 17.5. The summed E-state index contributed by atoms with van der Waals surface area (Å²) < 4.78 is 34.2. The minimum absolute atomic E-state index is 0.0292. The average Bonchev–Trinajstić information content (AvgIpc) is 3.02. The highest BCUT2D eigenvalue weighted by atomic mass is 32.2. The number of rotatable bonds is 7. The zero-order valence-corrected chi connectivity index (χ0v) is 18.0. The molecule has 0 aliphatic carbocycles. The molecule has 1 aliphatic heterocycles. The minimum atomic E-state index is -3.68. The Balaban J connectivity index is 1.68. The molecule has 9 heteroatoms. The third-order valence-electron chi connectivity index (χ3n) is 5.66. The molecule has 29 heavy (non-hydrogen) atoms. The van der Waals surface area contributed by atoms with E-state index in [1.54, 1.807) is 6.07 Å². The van der Waals surface area contributed by atoms with E-state index >= 15 is 0 Å². The number of amides is 1. The molecule has 1 fully saturated rings. The predicted molar refractivity (Wildman–Crippen MR) is 110 cm³/mol. The van der Waals surface area contributed by atoms with E-state index in [-0.39, 0.29) is 28.3 Å². The molecule has 0 saturated carbocycles. The molecule has 0 spiro atoms. The number of nitrogens with one attached hydrogen (secondary N) is 1. The van der Waals surface area contributed by atoms with Gasteiger partial charge in [-0.2, -0.15) is 4.31 Å². The molecule has 3 rings (SSSR count). The summed E-state index contributed by atoms with van der Waals surface area (Å²) in [4.78, 5) is 24.0. The molecule has 1 saturated heterocycles. The van der Waals surface area contributed by atoms with Gasteiger partial charge in [-0.05, 0) is 51.2 Å². The van der Waals surface area contributed by atoms with Gasteiger partial charge in [0.15, 0.2) is 5.58 Å². The maximum absolute atomic E-state index is 13.0. The SMILES string of the molecule is CC[C@@H](C)NC(=O)CC1CCN(S(=O)(=O)c2ccc3c(c2)oc(=O)n3CC)CC1. The van der Waals surface area contributed by atoms with E-state index in [0.717, 1.165) is 6.42 Å². The van der Waals surface area contributed by atoms with Crippen molar-refractivity contribution in [2.45, 2.75) is 63.9 Å². The molecule has 2 aromatic rings. The van der Waals surface area contributed by atoms with Gasteiger partial charge in [-0.1, -0.05) is 6.92 Å². The molecule has 1 aliphatic rings. The maximum atomic E-state index is 13.0. The first-order chi connectivity index (χ1) is 13.8. The van der Waals surface area contributed by atoms with Crippen molar-refractivity contribution < 1.29 is 17.6 Å². The topological polar surface area (TPSA) is 102 Å². The molecule has 1 atom stereocenters. The zero-order chi connectivity index (χ0) is 21.2. The first-order valence-electron chi connectivity index (χ1n) is 10.2. The van der Waals surface area contributed by atoms with Crippen LogP contribution in [0.4, 0.5) is 0 Å². The number of aryl methyl sites for hydroxylation is 1. The Hall–Kier alpha value is -2.13. The molecule has 2 heterocycles. The molecule has 0 bridgehead atoms. The Morgan fingerprint density at radius 1 is 1.28 bits per heavy atom. The van der Waals surface area contributed by atoms with Crippen LogP contribution in [0.5, 0.6) is 0 Å². The van der Waals surface area contributed by atoms with Crippen LogP contribution in [-0.2, 0) is 21.4 Å². The van der Waals surface area contributed by atoms with Crippen molar-refractivity contribution in [1.29, 1.82) is 0 Å². The lowest BCUT2D eigenvalue weighted by molar-refractivity contribution is -0.122. The molecule has 0 radical (unpaired) electrons. The van der Waals surface area contributed by atoms with Crippen LogP contribution in [0, 0.1) is 5.92 Å². The van der Waals surface area contributed by atoms with Crippen molar-refractivity contribution in [3.8, 4) is 0 Å². The van der Waals surface area contributed by atoms with Crippen molar-refractivity contribution in [3.63, 3.8) is 0 Å². The number of sulfonamides is 1.